The average molecular weight is 491 g/mol. The molecule has 3 aromatic rings. The van der Waals surface area contributed by atoms with Crippen molar-refractivity contribution in [1.29, 1.82) is 0 Å². The summed E-state index contributed by atoms with van der Waals surface area (Å²) in [6.07, 6.45) is 5.94. The molecule has 4 heterocycles. The highest BCUT2D eigenvalue weighted by atomic mass is 16.5. The van der Waals surface area contributed by atoms with Crippen molar-refractivity contribution in [1.82, 2.24) is 19.5 Å². The second-order valence-electron chi connectivity index (χ2n) is 11.3. The SMILES string of the molecule is COc1ccc(C(C)(C)C)cc1C(=O)N1CCCC[C@H]1c1cc2nc(N3CC[C@H](N)C3)c(C)cn2n1. The number of carbonyl (C=O) groups is 1. The Balaban J connectivity index is 1.49. The molecule has 36 heavy (non-hydrogen) atoms. The third-order valence-corrected chi connectivity index (χ3v) is 7.55. The normalized spacial score (nSPS) is 20.8. The van der Waals surface area contributed by atoms with E-state index in [2.05, 4.69) is 32.6 Å². The highest BCUT2D eigenvalue weighted by molar-refractivity contribution is 5.97. The number of fused-ring (bicyclic) bond motifs is 1. The van der Waals surface area contributed by atoms with Gasteiger partial charge in [-0.3, -0.25) is 4.79 Å². The number of aromatic nitrogens is 3. The number of methoxy groups -OCH3 is 1. The second kappa shape index (κ2) is 9.39. The highest BCUT2D eigenvalue weighted by Gasteiger charge is 2.33. The molecular formula is C28H38N6O2. The summed E-state index contributed by atoms with van der Waals surface area (Å²) in [5.41, 5.74) is 10.6. The number of amides is 1. The van der Waals surface area contributed by atoms with Crippen LogP contribution < -0.4 is 15.4 Å². The molecule has 0 radical (unpaired) electrons. The van der Waals surface area contributed by atoms with Gasteiger partial charge in [-0.1, -0.05) is 26.8 Å². The van der Waals surface area contributed by atoms with E-state index in [1.165, 1.54) is 0 Å². The molecule has 2 atom stereocenters. The molecule has 192 valence electrons. The zero-order valence-electron chi connectivity index (χ0n) is 22.1. The van der Waals surface area contributed by atoms with E-state index in [1.54, 1.807) is 7.11 Å². The highest BCUT2D eigenvalue weighted by Crippen LogP contribution is 2.35. The van der Waals surface area contributed by atoms with Crippen LogP contribution in [-0.2, 0) is 5.41 Å². The van der Waals surface area contributed by atoms with Gasteiger partial charge in [0, 0.05) is 43.5 Å². The molecule has 8 nitrogen and oxygen atoms in total. The fourth-order valence-electron chi connectivity index (χ4n) is 5.46. The molecule has 8 heteroatoms. The lowest BCUT2D eigenvalue weighted by molar-refractivity contribution is 0.0602. The van der Waals surface area contributed by atoms with Crippen molar-refractivity contribution in [2.45, 2.75) is 70.9 Å². The minimum atomic E-state index is -0.0973. The molecule has 0 aliphatic carbocycles. The number of benzene rings is 1. The summed E-state index contributed by atoms with van der Waals surface area (Å²) < 4.78 is 7.46. The Bertz CT molecular complexity index is 1280. The van der Waals surface area contributed by atoms with Crippen LogP contribution in [0.2, 0.25) is 0 Å². The zero-order valence-corrected chi connectivity index (χ0v) is 22.1. The third-order valence-electron chi connectivity index (χ3n) is 7.55. The van der Waals surface area contributed by atoms with Crippen molar-refractivity contribution in [2.24, 2.45) is 5.73 Å². The molecule has 1 aromatic carbocycles. The minimum Gasteiger partial charge on any atom is -0.496 e. The van der Waals surface area contributed by atoms with Gasteiger partial charge < -0.3 is 20.3 Å². The van der Waals surface area contributed by atoms with Gasteiger partial charge in [-0.05, 0) is 55.7 Å². The van der Waals surface area contributed by atoms with Crippen LogP contribution in [0.4, 0.5) is 5.82 Å². The van der Waals surface area contributed by atoms with Crippen LogP contribution in [0.5, 0.6) is 5.75 Å². The van der Waals surface area contributed by atoms with Crippen molar-refractivity contribution in [3.63, 3.8) is 0 Å². The molecule has 2 N–H and O–H groups in total. The first-order valence-electron chi connectivity index (χ1n) is 13.0. The van der Waals surface area contributed by atoms with Gasteiger partial charge in [0.05, 0.1) is 24.4 Å². The molecule has 2 aromatic heterocycles. The summed E-state index contributed by atoms with van der Waals surface area (Å²) in [4.78, 5) is 23.1. The Morgan fingerprint density at radius 1 is 1.14 bits per heavy atom. The summed E-state index contributed by atoms with van der Waals surface area (Å²) in [6, 6.07) is 8.09. The second-order valence-corrected chi connectivity index (χ2v) is 11.3. The lowest BCUT2D eigenvalue weighted by atomic mass is 9.85. The number of aryl methyl sites for hydroxylation is 1. The largest absolute Gasteiger partial charge is 0.496 e. The van der Waals surface area contributed by atoms with Crippen molar-refractivity contribution >= 4 is 17.4 Å². The third kappa shape index (κ3) is 4.54. The van der Waals surface area contributed by atoms with Gasteiger partial charge in [0.1, 0.15) is 11.6 Å². The molecule has 2 aliphatic rings. The number of likely N-dealkylation sites (tertiary alicyclic amines) is 1. The van der Waals surface area contributed by atoms with Gasteiger partial charge in [0.25, 0.3) is 5.91 Å². The lowest BCUT2D eigenvalue weighted by Crippen LogP contribution is -2.39. The van der Waals surface area contributed by atoms with Gasteiger partial charge in [-0.15, -0.1) is 0 Å². The fraction of sp³-hybridized carbons (Fsp3) is 0.536. The minimum absolute atomic E-state index is 0.00408. The van der Waals surface area contributed by atoms with E-state index in [0.29, 0.717) is 17.9 Å². The standard InChI is InChI=1S/C28H38N6O2/c1-18-16-34-25(30-26(18)32-13-11-20(29)17-32)15-22(31-34)23-8-6-7-12-33(23)27(35)21-14-19(28(2,3)4)9-10-24(21)36-5/h9-10,14-16,20,23H,6-8,11-13,17,29H2,1-5H3/t20-,23-/m0/s1. The Labute approximate surface area is 213 Å². The first-order chi connectivity index (χ1) is 17.2. The predicted octanol–water partition coefficient (Wildman–Crippen LogP) is 4.25. The number of ether oxygens (including phenoxy) is 1. The lowest BCUT2D eigenvalue weighted by Gasteiger charge is -2.35. The zero-order chi connectivity index (χ0) is 25.6. The van der Waals surface area contributed by atoms with E-state index < -0.39 is 0 Å². The van der Waals surface area contributed by atoms with Gasteiger partial charge in [0.15, 0.2) is 5.65 Å². The van der Waals surface area contributed by atoms with E-state index in [-0.39, 0.29) is 23.4 Å². The van der Waals surface area contributed by atoms with Crippen LogP contribution in [0.25, 0.3) is 5.65 Å². The van der Waals surface area contributed by atoms with E-state index >= 15 is 0 Å². The van der Waals surface area contributed by atoms with Crippen LogP contribution in [0, 0.1) is 6.92 Å². The van der Waals surface area contributed by atoms with Crippen LogP contribution >= 0.6 is 0 Å². The molecule has 5 rings (SSSR count). The van der Waals surface area contributed by atoms with Crippen molar-refractivity contribution in [3.8, 4) is 5.75 Å². The monoisotopic (exact) mass is 490 g/mol. The summed E-state index contributed by atoms with van der Waals surface area (Å²) >= 11 is 0. The van der Waals surface area contributed by atoms with Crippen LogP contribution in [-0.4, -0.2) is 58.2 Å². The quantitative estimate of drug-likeness (QED) is 0.588. The summed E-state index contributed by atoms with van der Waals surface area (Å²) in [7, 11) is 1.62. The Morgan fingerprint density at radius 2 is 1.94 bits per heavy atom. The maximum atomic E-state index is 13.9. The van der Waals surface area contributed by atoms with E-state index in [0.717, 1.165) is 67.1 Å². The van der Waals surface area contributed by atoms with Crippen LogP contribution in [0.3, 0.4) is 0 Å². The topological polar surface area (TPSA) is 89.0 Å². The predicted molar refractivity (Wildman–Crippen MR) is 142 cm³/mol. The summed E-state index contributed by atoms with van der Waals surface area (Å²) in [5, 5.41) is 4.89. The van der Waals surface area contributed by atoms with E-state index in [1.807, 2.05) is 39.9 Å². The Kier molecular flexibility index (Phi) is 6.41. The maximum absolute atomic E-state index is 13.9. The average Bonchev–Trinajstić information content (AvgIpc) is 3.47. The molecule has 0 bridgehead atoms. The Morgan fingerprint density at radius 3 is 2.64 bits per heavy atom. The number of rotatable bonds is 4. The van der Waals surface area contributed by atoms with E-state index in [9.17, 15) is 4.79 Å². The van der Waals surface area contributed by atoms with Crippen LogP contribution in [0.1, 0.15) is 79.7 Å². The maximum Gasteiger partial charge on any atom is 0.258 e. The summed E-state index contributed by atoms with van der Waals surface area (Å²) in [6.45, 7) is 11.0. The number of nitrogens with two attached hydrogens (primary N) is 1. The number of hydrogen-bond donors (Lipinski definition) is 1. The molecule has 2 aliphatic heterocycles. The number of anilines is 1. The van der Waals surface area contributed by atoms with Gasteiger partial charge in [0.2, 0.25) is 0 Å². The molecule has 0 spiro atoms. The van der Waals surface area contributed by atoms with Crippen LogP contribution in [0.15, 0.2) is 30.5 Å². The summed E-state index contributed by atoms with van der Waals surface area (Å²) in [5.74, 6) is 1.58. The van der Waals surface area contributed by atoms with Gasteiger partial charge >= 0.3 is 0 Å². The molecule has 2 saturated heterocycles. The fourth-order valence-corrected chi connectivity index (χ4v) is 5.46. The molecule has 0 unspecified atom stereocenters. The van der Waals surface area contributed by atoms with Gasteiger partial charge in [-0.2, -0.15) is 5.10 Å². The van der Waals surface area contributed by atoms with Crippen molar-refractivity contribution in [3.05, 3.63) is 52.8 Å². The Hall–Kier alpha value is -3.13. The van der Waals surface area contributed by atoms with Gasteiger partial charge in [-0.25, -0.2) is 9.50 Å². The van der Waals surface area contributed by atoms with Crippen molar-refractivity contribution in [2.75, 3.05) is 31.6 Å². The first-order valence-corrected chi connectivity index (χ1v) is 13.0. The molecule has 2 fully saturated rings. The van der Waals surface area contributed by atoms with E-state index in [4.69, 9.17) is 20.6 Å². The number of piperidine rings is 1. The molecular weight excluding hydrogens is 452 g/mol. The van der Waals surface area contributed by atoms with Crippen molar-refractivity contribution < 1.29 is 9.53 Å². The molecule has 1 amide bonds. The first kappa shape index (κ1) is 24.6. The molecule has 0 saturated carbocycles. The number of hydrogen-bond acceptors (Lipinski definition) is 6. The number of carbonyl (C=O) groups excluding carboxylic acids is 1. The smallest absolute Gasteiger partial charge is 0.258 e. The number of nitrogens with zero attached hydrogens (tertiary/aromatic N) is 5.